The molecule has 0 saturated carbocycles. The molecule has 0 N–H and O–H groups in total. The van der Waals surface area contributed by atoms with E-state index in [2.05, 4.69) is 0 Å². The first-order chi connectivity index (χ1) is 4.36. The molecule has 0 aromatic heterocycles. The van der Waals surface area contributed by atoms with Crippen molar-refractivity contribution >= 4 is 32.7 Å². The highest BCUT2D eigenvalue weighted by Gasteiger charge is 2.42. The van der Waals surface area contributed by atoms with Crippen LogP contribution in [0.2, 0.25) is 0 Å². The number of halogens is 6. The molecule has 0 atom stereocenters. The maximum Gasteiger partial charge on any atom is 0.296 e. The lowest BCUT2D eigenvalue weighted by atomic mass is 10.7. The lowest BCUT2D eigenvalue weighted by Crippen LogP contribution is -2.37. The van der Waals surface area contributed by atoms with Crippen LogP contribution in [0.15, 0.2) is 0 Å². The highest BCUT2D eigenvalue weighted by atomic mass is 35.5. The Labute approximate surface area is 67.3 Å². The van der Waals surface area contributed by atoms with Gasteiger partial charge in [-0.05, 0) is 0 Å². The van der Waals surface area contributed by atoms with Gasteiger partial charge in [-0.15, -0.1) is 23.2 Å². The fraction of sp³-hybridized carbons (Fsp3) is 1.00. The van der Waals surface area contributed by atoms with Crippen LogP contribution < -0.4 is 0 Å². The molecule has 0 rings (SSSR count). The molecular formula is C3H4Cl2F4Si. The van der Waals surface area contributed by atoms with Crippen LogP contribution in [0.4, 0.5) is 17.6 Å². The fourth-order valence-corrected chi connectivity index (χ4v) is 2.12. The van der Waals surface area contributed by atoms with Crippen molar-refractivity contribution in [3.63, 3.8) is 0 Å². The first-order valence-electron chi connectivity index (χ1n) is 2.30. The van der Waals surface area contributed by atoms with Crippen LogP contribution in [0.1, 0.15) is 0 Å². The lowest BCUT2D eigenvalue weighted by molar-refractivity contribution is -0.0664. The molecule has 0 aromatic carbocycles. The SMILES string of the molecule is FC(F)C(F)(F)[SiH2]C(Cl)Cl. The van der Waals surface area contributed by atoms with Crippen molar-refractivity contribution in [2.24, 2.45) is 0 Å². The van der Waals surface area contributed by atoms with Crippen molar-refractivity contribution in [3.8, 4) is 0 Å². The summed E-state index contributed by atoms with van der Waals surface area (Å²) < 4.78 is 45.2. The van der Waals surface area contributed by atoms with E-state index in [0.29, 0.717) is 0 Å². The topological polar surface area (TPSA) is 0 Å². The molecule has 0 aliphatic rings. The number of rotatable bonds is 3. The van der Waals surface area contributed by atoms with Gasteiger partial charge in [0.15, 0.2) is 9.52 Å². The molecule has 0 heterocycles. The highest BCUT2D eigenvalue weighted by molar-refractivity contribution is 6.69. The van der Waals surface area contributed by atoms with Crippen molar-refractivity contribution in [3.05, 3.63) is 0 Å². The summed E-state index contributed by atoms with van der Waals surface area (Å²) in [5.74, 6) is 0. The molecule has 0 aliphatic carbocycles. The molecule has 0 fully saturated rings. The van der Waals surface area contributed by atoms with Crippen molar-refractivity contribution in [2.45, 2.75) is 16.4 Å². The van der Waals surface area contributed by atoms with Crippen molar-refractivity contribution in [2.75, 3.05) is 0 Å². The second-order valence-electron chi connectivity index (χ2n) is 1.66. The van der Waals surface area contributed by atoms with Crippen LogP contribution in [0.25, 0.3) is 0 Å². The summed E-state index contributed by atoms with van der Waals surface area (Å²) in [6.45, 7) is 0. The summed E-state index contributed by atoms with van der Waals surface area (Å²) >= 11 is 9.84. The molecule has 0 spiro atoms. The average molecular weight is 215 g/mol. The van der Waals surface area contributed by atoms with Gasteiger partial charge in [-0.25, -0.2) is 17.6 Å². The Kier molecular flexibility index (Phi) is 3.97. The van der Waals surface area contributed by atoms with E-state index >= 15 is 0 Å². The summed E-state index contributed by atoms with van der Waals surface area (Å²) in [4.78, 5) is 0. The Morgan fingerprint density at radius 1 is 1.20 bits per heavy atom. The van der Waals surface area contributed by atoms with Gasteiger partial charge in [0.25, 0.3) is 12.0 Å². The van der Waals surface area contributed by atoms with Gasteiger partial charge in [0, 0.05) is 0 Å². The molecule has 0 amide bonds. The Morgan fingerprint density at radius 3 is 1.70 bits per heavy atom. The van der Waals surface area contributed by atoms with Gasteiger partial charge in [0.1, 0.15) is 0 Å². The molecule has 0 bridgehead atoms. The minimum absolute atomic E-state index is 1.32. The van der Waals surface area contributed by atoms with E-state index in [4.69, 9.17) is 23.2 Å². The average Bonchev–Trinajstić information content (AvgIpc) is 1.60. The molecular weight excluding hydrogens is 211 g/mol. The van der Waals surface area contributed by atoms with Crippen LogP contribution in [0.5, 0.6) is 0 Å². The summed E-state index contributed by atoms with van der Waals surface area (Å²) in [6, 6.07) is 0. The first kappa shape index (κ1) is 10.5. The van der Waals surface area contributed by atoms with E-state index < -0.39 is 26.0 Å². The molecule has 7 heteroatoms. The zero-order chi connectivity index (χ0) is 8.36. The van der Waals surface area contributed by atoms with Gasteiger partial charge in [-0.1, -0.05) is 0 Å². The van der Waals surface area contributed by atoms with Crippen LogP contribution in [0, 0.1) is 0 Å². The lowest BCUT2D eigenvalue weighted by Gasteiger charge is -2.14. The quantitative estimate of drug-likeness (QED) is 0.382. The van der Waals surface area contributed by atoms with Crippen molar-refractivity contribution in [1.29, 1.82) is 0 Å². The Hall–Kier alpha value is 0.517. The Morgan fingerprint density at radius 2 is 1.60 bits per heavy atom. The molecule has 10 heavy (non-hydrogen) atoms. The van der Waals surface area contributed by atoms with E-state index in [1.807, 2.05) is 0 Å². The van der Waals surface area contributed by atoms with Gasteiger partial charge >= 0.3 is 0 Å². The standard InChI is InChI=1S/C3H4Cl2F4Si/c4-2(5)10-3(8,9)1(6)7/h1-2H,10H2. The van der Waals surface area contributed by atoms with Crippen LogP contribution in [-0.2, 0) is 0 Å². The van der Waals surface area contributed by atoms with Gasteiger partial charge in [0.2, 0.25) is 0 Å². The van der Waals surface area contributed by atoms with Gasteiger partial charge < -0.3 is 0 Å². The molecule has 0 saturated heterocycles. The molecule has 0 aromatic rings. The Balaban J connectivity index is 3.87. The van der Waals surface area contributed by atoms with E-state index in [9.17, 15) is 17.6 Å². The third kappa shape index (κ3) is 3.63. The highest BCUT2D eigenvalue weighted by Crippen LogP contribution is 2.24. The van der Waals surface area contributed by atoms with Crippen molar-refractivity contribution in [1.82, 2.24) is 0 Å². The summed E-state index contributed by atoms with van der Waals surface area (Å²) in [6.07, 6.45) is -3.64. The summed E-state index contributed by atoms with van der Waals surface area (Å²) in [5, 5.41) is 0. The molecule has 62 valence electrons. The zero-order valence-electron chi connectivity index (χ0n) is 4.63. The maximum absolute atomic E-state index is 11.9. The van der Waals surface area contributed by atoms with Crippen LogP contribution in [0.3, 0.4) is 0 Å². The van der Waals surface area contributed by atoms with E-state index in [-0.39, 0.29) is 0 Å². The maximum atomic E-state index is 11.9. The largest absolute Gasteiger partial charge is 0.296 e. The monoisotopic (exact) mass is 214 g/mol. The molecule has 0 radical (unpaired) electrons. The smallest absolute Gasteiger partial charge is 0.206 e. The third-order valence-electron chi connectivity index (χ3n) is 0.746. The number of hydrogen-bond acceptors (Lipinski definition) is 0. The minimum atomic E-state index is -3.94. The van der Waals surface area contributed by atoms with E-state index in [1.54, 1.807) is 0 Å². The van der Waals surface area contributed by atoms with Gasteiger partial charge in [0.05, 0.1) is 4.46 Å². The fourth-order valence-electron chi connectivity index (χ4n) is 0.295. The second-order valence-corrected chi connectivity index (χ2v) is 6.14. The van der Waals surface area contributed by atoms with E-state index in [1.165, 1.54) is 0 Å². The molecule has 0 unspecified atom stereocenters. The van der Waals surface area contributed by atoms with Crippen LogP contribution >= 0.6 is 23.2 Å². The van der Waals surface area contributed by atoms with Gasteiger partial charge in [-0.3, -0.25) is 0 Å². The second kappa shape index (κ2) is 3.78. The predicted octanol–water partition coefficient (Wildman–Crippen LogP) is 1.77. The third-order valence-corrected chi connectivity index (χ3v) is 2.83. The first-order valence-corrected chi connectivity index (χ1v) is 4.70. The van der Waals surface area contributed by atoms with E-state index in [0.717, 1.165) is 0 Å². The number of alkyl halides is 6. The minimum Gasteiger partial charge on any atom is -0.206 e. The molecule has 0 aliphatic heterocycles. The van der Waals surface area contributed by atoms with Gasteiger partial charge in [-0.2, -0.15) is 0 Å². The molecule has 0 nitrogen and oxygen atoms in total. The summed E-state index contributed by atoms with van der Waals surface area (Å²) in [5.41, 5.74) is -3.94. The summed E-state index contributed by atoms with van der Waals surface area (Å²) in [7, 11) is -2.43. The van der Waals surface area contributed by atoms with Crippen LogP contribution in [-0.4, -0.2) is 26.0 Å². The normalized spacial score (nSPS) is 14.4. The Bertz CT molecular complexity index is 107. The zero-order valence-corrected chi connectivity index (χ0v) is 7.56. The number of hydrogen-bond donors (Lipinski definition) is 0. The predicted molar refractivity (Wildman–Crippen MR) is 35.0 cm³/mol. The van der Waals surface area contributed by atoms with Crippen molar-refractivity contribution < 1.29 is 17.6 Å².